The summed E-state index contributed by atoms with van der Waals surface area (Å²) in [5, 5.41) is 2.92. The van der Waals surface area contributed by atoms with Gasteiger partial charge in [-0.15, -0.1) is 0 Å². The van der Waals surface area contributed by atoms with Crippen LogP contribution in [-0.4, -0.2) is 84.1 Å². The fourth-order valence-electron chi connectivity index (χ4n) is 4.78. The van der Waals surface area contributed by atoms with E-state index in [0.717, 1.165) is 24.8 Å². The number of para-hydroxylation sites is 1. The predicted molar refractivity (Wildman–Crippen MR) is 132 cm³/mol. The lowest BCUT2D eigenvalue weighted by Gasteiger charge is -2.36. The lowest BCUT2D eigenvalue weighted by Crippen LogP contribution is -2.50. The van der Waals surface area contributed by atoms with Crippen molar-refractivity contribution in [3.8, 4) is 0 Å². The first-order valence-corrected chi connectivity index (χ1v) is 13.8. The van der Waals surface area contributed by atoms with E-state index in [1.54, 1.807) is 24.3 Å². The van der Waals surface area contributed by atoms with E-state index in [4.69, 9.17) is 0 Å². The largest absolute Gasteiger partial charge is 0.367 e. The summed E-state index contributed by atoms with van der Waals surface area (Å²) in [6, 6.07) is 10.9. The van der Waals surface area contributed by atoms with Gasteiger partial charge in [-0.1, -0.05) is 18.2 Å². The molecule has 0 spiro atoms. The third-order valence-corrected chi connectivity index (χ3v) is 9.12. The molecule has 2 aromatic carbocycles. The number of anilines is 1. The number of aromatic nitrogens is 2. The van der Waals surface area contributed by atoms with Crippen molar-refractivity contribution in [2.45, 2.75) is 23.8 Å². The fraction of sp³-hybridized carbons (Fsp3) is 0.435. The van der Waals surface area contributed by atoms with E-state index in [-0.39, 0.29) is 16.6 Å². The second kappa shape index (κ2) is 10.1. The van der Waals surface area contributed by atoms with Gasteiger partial charge in [0.2, 0.25) is 15.9 Å². The molecule has 2 fully saturated rings. The SMILES string of the molecule is O=C(NCCN1CCN(c2ccccc2F)CC1)[C@@H]1CCCN1S(=O)(=O)c1cccc2nsnc12. The van der Waals surface area contributed by atoms with Gasteiger partial charge in [-0.3, -0.25) is 9.69 Å². The lowest BCUT2D eigenvalue weighted by atomic mass is 10.2. The number of sulfonamides is 1. The highest BCUT2D eigenvalue weighted by molar-refractivity contribution is 7.89. The highest BCUT2D eigenvalue weighted by Gasteiger charge is 2.40. The Morgan fingerprint density at radius 3 is 2.66 bits per heavy atom. The van der Waals surface area contributed by atoms with E-state index < -0.39 is 16.1 Å². The van der Waals surface area contributed by atoms with E-state index in [1.807, 2.05) is 11.0 Å². The van der Waals surface area contributed by atoms with Crippen molar-refractivity contribution >= 4 is 44.4 Å². The molecule has 3 aromatic rings. The fourth-order valence-corrected chi connectivity index (χ4v) is 7.19. The maximum absolute atomic E-state index is 14.0. The number of halogens is 1. The van der Waals surface area contributed by atoms with Crippen molar-refractivity contribution < 1.29 is 17.6 Å². The zero-order valence-corrected chi connectivity index (χ0v) is 20.8. The van der Waals surface area contributed by atoms with Gasteiger partial charge >= 0.3 is 0 Å². The molecule has 0 saturated carbocycles. The van der Waals surface area contributed by atoms with Gasteiger partial charge in [0.25, 0.3) is 0 Å². The third-order valence-electron chi connectivity index (χ3n) is 6.63. The zero-order valence-electron chi connectivity index (χ0n) is 19.1. The summed E-state index contributed by atoms with van der Waals surface area (Å²) in [4.78, 5) is 17.3. The van der Waals surface area contributed by atoms with Crippen LogP contribution in [-0.2, 0) is 14.8 Å². The maximum Gasteiger partial charge on any atom is 0.246 e. The Hall–Kier alpha value is -2.67. The average molecular weight is 519 g/mol. The number of carbonyl (C=O) groups excluding carboxylic acids is 1. The molecule has 186 valence electrons. The summed E-state index contributed by atoms with van der Waals surface area (Å²) in [5.41, 5.74) is 1.50. The molecule has 2 aliphatic heterocycles. The molecule has 2 saturated heterocycles. The summed E-state index contributed by atoms with van der Waals surface area (Å²) in [6.45, 7) is 4.32. The first-order chi connectivity index (χ1) is 16.9. The summed E-state index contributed by atoms with van der Waals surface area (Å²) in [6.07, 6.45) is 1.11. The van der Waals surface area contributed by atoms with Crippen molar-refractivity contribution in [2.75, 3.05) is 50.7 Å². The number of carbonyl (C=O) groups is 1. The van der Waals surface area contributed by atoms with E-state index in [0.29, 0.717) is 62.3 Å². The molecule has 35 heavy (non-hydrogen) atoms. The number of rotatable bonds is 7. The number of fused-ring (bicyclic) bond motifs is 1. The predicted octanol–water partition coefficient (Wildman–Crippen LogP) is 1.92. The molecule has 5 rings (SSSR count). The van der Waals surface area contributed by atoms with Gasteiger partial charge in [-0.2, -0.15) is 13.1 Å². The number of hydrogen-bond donors (Lipinski definition) is 1. The van der Waals surface area contributed by atoms with Crippen LogP contribution in [0.3, 0.4) is 0 Å². The average Bonchev–Trinajstić information content (AvgIpc) is 3.55. The maximum atomic E-state index is 14.0. The van der Waals surface area contributed by atoms with Gasteiger partial charge in [-0.25, -0.2) is 12.8 Å². The van der Waals surface area contributed by atoms with Crippen LogP contribution < -0.4 is 10.2 Å². The van der Waals surface area contributed by atoms with Crippen LogP contribution in [0.2, 0.25) is 0 Å². The van der Waals surface area contributed by atoms with Crippen LogP contribution >= 0.6 is 11.7 Å². The highest BCUT2D eigenvalue weighted by atomic mass is 32.2. The Kier molecular flexibility index (Phi) is 6.96. The molecule has 1 amide bonds. The van der Waals surface area contributed by atoms with Gasteiger partial charge in [0.05, 0.1) is 17.4 Å². The monoisotopic (exact) mass is 518 g/mol. The number of amides is 1. The minimum Gasteiger partial charge on any atom is -0.367 e. The van der Waals surface area contributed by atoms with Gasteiger partial charge < -0.3 is 10.2 Å². The minimum absolute atomic E-state index is 0.0937. The van der Waals surface area contributed by atoms with E-state index in [2.05, 4.69) is 19.0 Å². The Morgan fingerprint density at radius 2 is 1.86 bits per heavy atom. The van der Waals surface area contributed by atoms with Gasteiger partial charge in [0.1, 0.15) is 27.8 Å². The van der Waals surface area contributed by atoms with Gasteiger partial charge in [0.15, 0.2) is 0 Å². The topological polar surface area (TPSA) is 98.7 Å². The number of hydrogen-bond acceptors (Lipinski definition) is 8. The molecule has 2 aliphatic rings. The van der Waals surface area contributed by atoms with Crippen LogP contribution in [0.1, 0.15) is 12.8 Å². The van der Waals surface area contributed by atoms with Gasteiger partial charge in [0, 0.05) is 45.8 Å². The van der Waals surface area contributed by atoms with Crippen molar-refractivity contribution in [1.29, 1.82) is 0 Å². The Balaban J connectivity index is 1.15. The van der Waals surface area contributed by atoms with Crippen LogP contribution in [0.5, 0.6) is 0 Å². The molecule has 12 heteroatoms. The van der Waals surface area contributed by atoms with Crippen LogP contribution in [0.4, 0.5) is 10.1 Å². The summed E-state index contributed by atoms with van der Waals surface area (Å²) in [7, 11) is -3.88. The molecule has 1 N–H and O–H groups in total. The first-order valence-electron chi connectivity index (χ1n) is 11.7. The molecule has 1 aromatic heterocycles. The minimum atomic E-state index is -3.88. The van der Waals surface area contributed by atoms with Crippen molar-refractivity contribution in [3.05, 3.63) is 48.3 Å². The molecule has 3 heterocycles. The summed E-state index contributed by atoms with van der Waals surface area (Å²) < 4.78 is 50.4. The normalized spacial score (nSPS) is 19.9. The highest BCUT2D eigenvalue weighted by Crippen LogP contribution is 2.30. The Bertz CT molecular complexity index is 1310. The quantitative estimate of drug-likeness (QED) is 0.510. The molecule has 1 atom stereocenters. The van der Waals surface area contributed by atoms with Crippen LogP contribution in [0.15, 0.2) is 47.4 Å². The molecule has 9 nitrogen and oxygen atoms in total. The molecule has 0 unspecified atom stereocenters. The number of nitrogens with zero attached hydrogens (tertiary/aromatic N) is 5. The van der Waals surface area contributed by atoms with Crippen molar-refractivity contribution in [3.63, 3.8) is 0 Å². The third kappa shape index (κ3) is 4.88. The van der Waals surface area contributed by atoms with Crippen LogP contribution in [0.25, 0.3) is 11.0 Å². The van der Waals surface area contributed by atoms with Crippen molar-refractivity contribution in [1.82, 2.24) is 23.3 Å². The van der Waals surface area contributed by atoms with E-state index >= 15 is 0 Å². The lowest BCUT2D eigenvalue weighted by molar-refractivity contribution is -0.124. The molecule has 0 aliphatic carbocycles. The Labute approximate surface area is 207 Å². The van der Waals surface area contributed by atoms with E-state index in [1.165, 1.54) is 16.4 Å². The molecule has 0 bridgehead atoms. The van der Waals surface area contributed by atoms with Gasteiger partial charge in [-0.05, 0) is 37.1 Å². The number of piperazine rings is 1. The number of nitrogens with one attached hydrogen (secondary N) is 1. The second-order valence-corrected chi connectivity index (χ2v) is 11.1. The molecular weight excluding hydrogens is 491 g/mol. The zero-order chi connectivity index (χ0) is 24.4. The summed E-state index contributed by atoms with van der Waals surface area (Å²) >= 11 is 0.968. The number of benzene rings is 2. The smallest absolute Gasteiger partial charge is 0.246 e. The first kappa shape index (κ1) is 24.0. The standard InChI is InChI=1S/C23H27FN6O3S2/c24-17-5-1-2-7-19(17)29-15-13-28(14-16-29)12-10-25-23(31)20-8-4-11-30(20)35(32,33)21-9-3-6-18-22(21)27-34-26-18/h1-3,5-7,9,20H,4,8,10-16H2,(H,25,31)/t20-/m0/s1. The molecule has 0 radical (unpaired) electrons. The van der Waals surface area contributed by atoms with Crippen molar-refractivity contribution in [2.24, 2.45) is 0 Å². The van der Waals surface area contributed by atoms with Crippen LogP contribution in [0, 0.1) is 5.82 Å². The molecular formula is C23H27FN6O3S2. The van der Waals surface area contributed by atoms with E-state index in [9.17, 15) is 17.6 Å². The Morgan fingerprint density at radius 1 is 1.06 bits per heavy atom. The summed E-state index contributed by atoms with van der Waals surface area (Å²) in [5.74, 6) is -0.494. The second-order valence-electron chi connectivity index (χ2n) is 8.73.